The molecule has 0 unspecified atom stereocenters. The minimum Gasteiger partial charge on any atom is -0.367 e. The van der Waals surface area contributed by atoms with Crippen molar-refractivity contribution in [2.45, 2.75) is 13.3 Å². The van der Waals surface area contributed by atoms with Crippen molar-refractivity contribution in [3.63, 3.8) is 0 Å². The van der Waals surface area contributed by atoms with Crippen molar-refractivity contribution in [2.75, 3.05) is 38.1 Å². The van der Waals surface area contributed by atoms with Crippen molar-refractivity contribution in [1.82, 2.24) is 14.5 Å². The molecule has 0 spiro atoms. The second-order valence-electron chi connectivity index (χ2n) is 5.74. The highest BCUT2D eigenvalue weighted by molar-refractivity contribution is 5.96. The van der Waals surface area contributed by atoms with E-state index in [-0.39, 0.29) is 0 Å². The number of hydrogen-bond acceptors (Lipinski definition) is 4. The van der Waals surface area contributed by atoms with Crippen LogP contribution in [0.5, 0.6) is 0 Å². The number of imidazole rings is 1. The SMILES string of the molecule is CC#CCc1nc2c(N3CCN(C)CC3)cccc2n1C(N)=O. The predicted octanol–water partition coefficient (Wildman–Crippen LogP) is 1.28. The summed E-state index contributed by atoms with van der Waals surface area (Å²) in [6.45, 7) is 5.70. The van der Waals surface area contributed by atoms with Crippen LogP contribution in [-0.2, 0) is 6.42 Å². The summed E-state index contributed by atoms with van der Waals surface area (Å²) in [5, 5.41) is 0. The quantitative estimate of drug-likeness (QED) is 0.849. The van der Waals surface area contributed by atoms with Gasteiger partial charge in [0.1, 0.15) is 11.3 Å². The van der Waals surface area contributed by atoms with E-state index in [1.807, 2.05) is 12.1 Å². The molecule has 0 saturated carbocycles. The number of primary amides is 1. The van der Waals surface area contributed by atoms with Gasteiger partial charge >= 0.3 is 6.03 Å². The third kappa shape index (κ3) is 2.88. The number of piperazine rings is 1. The zero-order valence-corrected chi connectivity index (χ0v) is 13.5. The Kier molecular flexibility index (Phi) is 4.22. The van der Waals surface area contributed by atoms with Crippen LogP contribution in [0.2, 0.25) is 0 Å². The first-order valence-corrected chi connectivity index (χ1v) is 7.75. The molecule has 3 rings (SSSR count). The Labute approximate surface area is 135 Å². The third-order valence-corrected chi connectivity index (χ3v) is 4.22. The van der Waals surface area contributed by atoms with Gasteiger partial charge in [-0.3, -0.25) is 0 Å². The maximum absolute atomic E-state index is 11.9. The van der Waals surface area contributed by atoms with Gasteiger partial charge in [0.05, 0.1) is 17.6 Å². The van der Waals surface area contributed by atoms with Crippen LogP contribution >= 0.6 is 0 Å². The Morgan fingerprint density at radius 1 is 1.30 bits per heavy atom. The molecule has 0 aliphatic carbocycles. The number of carbonyl (C=O) groups is 1. The number of anilines is 1. The normalized spacial score (nSPS) is 15.5. The van der Waals surface area contributed by atoms with Crippen LogP contribution in [0.25, 0.3) is 11.0 Å². The van der Waals surface area contributed by atoms with Crippen LogP contribution in [0.15, 0.2) is 18.2 Å². The van der Waals surface area contributed by atoms with E-state index in [0.717, 1.165) is 42.9 Å². The van der Waals surface area contributed by atoms with E-state index in [1.54, 1.807) is 6.92 Å². The monoisotopic (exact) mass is 311 g/mol. The molecule has 1 aromatic heterocycles. The molecule has 6 nitrogen and oxygen atoms in total. The highest BCUT2D eigenvalue weighted by Crippen LogP contribution is 2.28. The Bertz CT molecular complexity index is 790. The molecule has 0 radical (unpaired) electrons. The Morgan fingerprint density at radius 3 is 2.70 bits per heavy atom. The summed E-state index contributed by atoms with van der Waals surface area (Å²) in [5.74, 6) is 6.40. The molecule has 120 valence electrons. The average Bonchev–Trinajstić information content (AvgIpc) is 2.92. The van der Waals surface area contributed by atoms with Gasteiger partial charge in [0.15, 0.2) is 0 Å². The first-order valence-electron chi connectivity index (χ1n) is 7.75. The zero-order chi connectivity index (χ0) is 16.4. The summed E-state index contributed by atoms with van der Waals surface area (Å²) in [7, 11) is 2.13. The van der Waals surface area contributed by atoms with Crippen molar-refractivity contribution in [2.24, 2.45) is 5.73 Å². The van der Waals surface area contributed by atoms with Crippen molar-refractivity contribution < 1.29 is 4.79 Å². The lowest BCUT2D eigenvalue weighted by molar-refractivity contribution is 0.250. The lowest BCUT2D eigenvalue weighted by Crippen LogP contribution is -2.44. The fraction of sp³-hybridized carbons (Fsp3) is 0.412. The number of nitrogens with two attached hydrogens (primary N) is 1. The molecule has 1 aliphatic rings. The molecule has 2 aromatic rings. The first-order chi connectivity index (χ1) is 11.1. The first kappa shape index (κ1) is 15.4. The van der Waals surface area contributed by atoms with Crippen LogP contribution in [0, 0.1) is 11.8 Å². The molecule has 2 N–H and O–H groups in total. The number of amides is 1. The Hall–Kier alpha value is -2.52. The Morgan fingerprint density at radius 2 is 2.04 bits per heavy atom. The largest absolute Gasteiger partial charge is 0.367 e. The van der Waals surface area contributed by atoms with E-state index in [0.29, 0.717) is 12.2 Å². The van der Waals surface area contributed by atoms with Crippen LogP contribution in [0.3, 0.4) is 0 Å². The van der Waals surface area contributed by atoms with Gasteiger partial charge in [-0.15, -0.1) is 5.92 Å². The molecule has 0 atom stereocenters. The lowest BCUT2D eigenvalue weighted by Gasteiger charge is -2.34. The van der Waals surface area contributed by atoms with Gasteiger partial charge in [-0.1, -0.05) is 12.0 Å². The summed E-state index contributed by atoms with van der Waals surface area (Å²) in [6.07, 6.45) is 0.413. The standard InChI is InChI=1S/C17H21N5O/c1-3-4-8-15-19-16-13(21-11-9-20(2)10-12-21)6-5-7-14(16)22(15)17(18)23/h5-7H,8-12H2,1-2H3,(H2,18,23). The van der Waals surface area contributed by atoms with E-state index in [1.165, 1.54) is 4.57 Å². The van der Waals surface area contributed by atoms with E-state index in [2.05, 4.69) is 39.7 Å². The summed E-state index contributed by atoms with van der Waals surface area (Å²) in [6, 6.07) is 5.37. The zero-order valence-electron chi connectivity index (χ0n) is 13.5. The predicted molar refractivity (Wildman–Crippen MR) is 91.6 cm³/mol. The van der Waals surface area contributed by atoms with E-state index < -0.39 is 6.03 Å². The van der Waals surface area contributed by atoms with Gasteiger partial charge in [-0.2, -0.15) is 0 Å². The van der Waals surface area contributed by atoms with Crippen molar-refractivity contribution in [3.8, 4) is 11.8 Å². The minimum absolute atomic E-state index is 0.413. The van der Waals surface area contributed by atoms with Crippen LogP contribution in [-0.4, -0.2) is 53.7 Å². The fourth-order valence-corrected chi connectivity index (χ4v) is 2.97. The highest BCUT2D eigenvalue weighted by atomic mass is 16.2. The minimum atomic E-state index is -0.518. The molecule has 6 heteroatoms. The lowest BCUT2D eigenvalue weighted by atomic mass is 10.2. The number of nitrogens with zero attached hydrogens (tertiary/aromatic N) is 4. The molecule has 1 aliphatic heterocycles. The van der Waals surface area contributed by atoms with Gasteiger partial charge in [-0.25, -0.2) is 14.3 Å². The maximum atomic E-state index is 11.9. The number of rotatable bonds is 2. The number of likely N-dealkylation sites (N-methyl/N-ethyl adjacent to an activating group) is 1. The van der Waals surface area contributed by atoms with Gasteiger partial charge in [0.2, 0.25) is 0 Å². The highest BCUT2D eigenvalue weighted by Gasteiger charge is 2.21. The molecule has 2 heterocycles. The number of carbonyl (C=O) groups excluding carboxylic acids is 1. The molecule has 1 aromatic carbocycles. The summed E-state index contributed by atoms with van der Waals surface area (Å²) in [4.78, 5) is 21.2. The maximum Gasteiger partial charge on any atom is 0.324 e. The Balaban J connectivity index is 2.09. The fourth-order valence-electron chi connectivity index (χ4n) is 2.97. The molecule has 1 amide bonds. The molecule has 23 heavy (non-hydrogen) atoms. The van der Waals surface area contributed by atoms with Gasteiger partial charge < -0.3 is 15.5 Å². The molecular formula is C17H21N5O. The number of fused-ring (bicyclic) bond motifs is 1. The van der Waals surface area contributed by atoms with Gasteiger partial charge in [0, 0.05) is 26.2 Å². The number of hydrogen-bond donors (Lipinski definition) is 1. The smallest absolute Gasteiger partial charge is 0.324 e. The average molecular weight is 311 g/mol. The van der Waals surface area contributed by atoms with E-state index in [4.69, 9.17) is 5.73 Å². The van der Waals surface area contributed by atoms with Crippen LogP contribution in [0.4, 0.5) is 10.5 Å². The topological polar surface area (TPSA) is 67.4 Å². The van der Waals surface area contributed by atoms with Crippen molar-refractivity contribution in [1.29, 1.82) is 0 Å². The van der Waals surface area contributed by atoms with Crippen LogP contribution in [0.1, 0.15) is 12.7 Å². The summed E-state index contributed by atoms with van der Waals surface area (Å²) in [5.41, 5.74) is 8.19. The second-order valence-corrected chi connectivity index (χ2v) is 5.74. The third-order valence-electron chi connectivity index (χ3n) is 4.22. The molecular weight excluding hydrogens is 290 g/mol. The number of aromatic nitrogens is 2. The molecule has 0 bridgehead atoms. The van der Waals surface area contributed by atoms with E-state index >= 15 is 0 Å². The van der Waals surface area contributed by atoms with E-state index in [9.17, 15) is 4.79 Å². The van der Waals surface area contributed by atoms with Gasteiger partial charge in [0.25, 0.3) is 0 Å². The molecule has 1 saturated heterocycles. The van der Waals surface area contributed by atoms with Crippen molar-refractivity contribution in [3.05, 3.63) is 24.0 Å². The number of benzene rings is 1. The summed E-state index contributed by atoms with van der Waals surface area (Å²) < 4.78 is 1.47. The van der Waals surface area contributed by atoms with Crippen molar-refractivity contribution >= 4 is 22.8 Å². The second kappa shape index (κ2) is 6.31. The van der Waals surface area contributed by atoms with Crippen LogP contribution < -0.4 is 10.6 Å². The summed E-state index contributed by atoms with van der Waals surface area (Å²) >= 11 is 0. The van der Waals surface area contributed by atoms with Gasteiger partial charge in [-0.05, 0) is 26.1 Å². The molecule has 1 fully saturated rings. The number of para-hydroxylation sites is 1.